The number of carbonyl (C=O) groups is 4. The number of amides is 3. The Balaban J connectivity index is 1.30. The lowest BCUT2D eigenvalue weighted by Gasteiger charge is -2.28. The summed E-state index contributed by atoms with van der Waals surface area (Å²) in [6.45, 7) is 6.12. The van der Waals surface area contributed by atoms with Gasteiger partial charge in [-0.25, -0.2) is 8.42 Å². The molecule has 1 aromatic rings. The highest BCUT2D eigenvalue weighted by Crippen LogP contribution is 2.33. The molecule has 1 aliphatic carbocycles. The third-order valence-corrected chi connectivity index (χ3v) is 11.0. The summed E-state index contributed by atoms with van der Waals surface area (Å²) in [4.78, 5) is 55.3. The van der Waals surface area contributed by atoms with Crippen LogP contribution in [0.3, 0.4) is 0 Å². The zero-order valence-electron chi connectivity index (χ0n) is 26.3. The van der Waals surface area contributed by atoms with Crippen molar-refractivity contribution < 1.29 is 37.1 Å². The number of hydrogen-bond acceptors (Lipinski definition) is 9. The van der Waals surface area contributed by atoms with E-state index in [1.54, 1.807) is 26.0 Å². The van der Waals surface area contributed by atoms with Crippen molar-refractivity contribution in [3.63, 3.8) is 0 Å². The maximum Gasteiger partial charge on any atom is 0.243 e. The van der Waals surface area contributed by atoms with Crippen LogP contribution in [0.15, 0.2) is 18.2 Å². The molecule has 1 aromatic carbocycles. The highest BCUT2D eigenvalue weighted by molar-refractivity contribution is 7.90. The van der Waals surface area contributed by atoms with E-state index >= 15 is 0 Å². The van der Waals surface area contributed by atoms with Gasteiger partial charge in [0.15, 0.2) is 15.6 Å². The Morgan fingerprint density at radius 1 is 1.00 bits per heavy atom. The van der Waals surface area contributed by atoms with Crippen molar-refractivity contribution >= 4 is 33.3 Å². The summed E-state index contributed by atoms with van der Waals surface area (Å²) in [6, 6.07) is 2.76. The molecule has 3 fully saturated rings. The van der Waals surface area contributed by atoms with Crippen molar-refractivity contribution in [2.45, 2.75) is 88.3 Å². The molecule has 3 aliphatic heterocycles. The molecule has 4 atom stereocenters. The van der Waals surface area contributed by atoms with E-state index in [0.29, 0.717) is 51.7 Å². The minimum atomic E-state index is -3.14. The summed E-state index contributed by atoms with van der Waals surface area (Å²) >= 11 is 0. The molecule has 3 amide bonds. The minimum absolute atomic E-state index is 0.0171. The van der Waals surface area contributed by atoms with Gasteiger partial charge in [0.25, 0.3) is 0 Å². The van der Waals surface area contributed by atoms with Gasteiger partial charge in [0.05, 0.1) is 43.9 Å². The van der Waals surface area contributed by atoms with Crippen LogP contribution in [-0.4, -0.2) is 106 Å². The Kier molecular flexibility index (Phi) is 10.6. The Hall–Kier alpha value is -2.87. The van der Waals surface area contributed by atoms with Gasteiger partial charge in [-0.05, 0) is 49.3 Å². The summed E-state index contributed by atoms with van der Waals surface area (Å²) < 4.78 is 35.0. The predicted molar refractivity (Wildman–Crippen MR) is 166 cm³/mol. The van der Waals surface area contributed by atoms with Crippen molar-refractivity contribution in [1.82, 2.24) is 20.9 Å². The third kappa shape index (κ3) is 9.11. The van der Waals surface area contributed by atoms with Crippen LogP contribution in [0.5, 0.6) is 0 Å². The molecule has 4 unspecified atom stereocenters. The van der Waals surface area contributed by atoms with Gasteiger partial charge < -0.3 is 25.4 Å². The number of sulfone groups is 1. The highest BCUT2D eigenvalue weighted by Gasteiger charge is 2.50. The van der Waals surface area contributed by atoms with Gasteiger partial charge in [0, 0.05) is 19.5 Å². The molecule has 5 rings (SSSR count). The standard InChI is InChI=1S/C32H46N4O8S/c1-21(33-28(37)18-36-10-12-43-13-11-36)30(39)35-27(17-23-7-8-25-19-45(41,42)14-9-24(25)15-23)31(40)34-26(16-22-5-3-4-6-22)29(38)32(2)20-44-32/h7-8,15,21-22,26-27H,3-6,9-14,16-20H2,1-2H3,(H,33,37)(H,34,40)(H,35,39). The SMILES string of the molecule is CC(NC(=O)CN1CCOCC1)C(=O)NC(Cc1ccc2c(c1)CCS(=O)(=O)C2)C(=O)NC(CC1CCCC1)C(=O)C1(C)CO1. The zero-order chi connectivity index (χ0) is 32.2. The second-order valence-electron chi connectivity index (χ2n) is 13.2. The maximum atomic E-state index is 13.9. The number of benzene rings is 1. The molecule has 2 saturated heterocycles. The topological polar surface area (TPSA) is 164 Å². The van der Waals surface area contributed by atoms with Crippen LogP contribution in [0, 0.1) is 5.92 Å². The number of epoxide rings is 1. The predicted octanol–water partition coefficient (Wildman–Crippen LogP) is 0.445. The number of Topliss-reactive ketones (excluding diaryl/α,β-unsaturated/α-hetero) is 1. The van der Waals surface area contributed by atoms with E-state index in [-0.39, 0.29) is 36.2 Å². The van der Waals surface area contributed by atoms with Gasteiger partial charge in [0.2, 0.25) is 17.7 Å². The summed E-state index contributed by atoms with van der Waals surface area (Å²) in [6.07, 6.45) is 5.24. The van der Waals surface area contributed by atoms with Crippen LogP contribution in [0.1, 0.15) is 62.6 Å². The molecule has 3 heterocycles. The van der Waals surface area contributed by atoms with E-state index in [1.807, 2.05) is 11.0 Å². The summed E-state index contributed by atoms with van der Waals surface area (Å²) in [5.41, 5.74) is 1.50. The fourth-order valence-corrected chi connectivity index (χ4v) is 7.94. The average molecular weight is 647 g/mol. The first kappa shape index (κ1) is 33.5. The third-order valence-electron chi connectivity index (χ3n) is 9.42. The van der Waals surface area contributed by atoms with Gasteiger partial charge >= 0.3 is 0 Å². The summed E-state index contributed by atoms with van der Waals surface area (Å²) in [7, 11) is -3.14. The molecule has 4 aliphatic rings. The molecule has 45 heavy (non-hydrogen) atoms. The molecule has 13 heteroatoms. The molecule has 3 N–H and O–H groups in total. The number of ketones is 1. The first-order valence-electron chi connectivity index (χ1n) is 16.1. The lowest BCUT2D eigenvalue weighted by molar-refractivity contribution is -0.134. The van der Waals surface area contributed by atoms with Crippen LogP contribution in [-0.2, 0) is 57.1 Å². The van der Waals surface area contributed by atoms with Crippen LogP contribution in [0.2, 0.25) is 0 Å². The summed E-state index contributed by atoms with van der Waals surface area (Å²) in [5, 5.41) is 8.50. The van der Waals surface area contributed by atoms with Crippen LogP contribution < -0.4 is 16.0 Å². The number of nitrogens with zero attached hydrogens (tertiary/aromatic N) is 1. The van der Waals surface area contributed by atoms with E-state index in [1.165, 1.54) is 0 Å². The van der Waals surface area contributed by atoms with E-state index in [4.69, 9.17) is 9.47 Å². The first-order chi connectivity index (χ1) is 21.4. The quantitative estimate of drug-likeness (QED) is 0.258. The molecule has 0 bridgehead atoms. The van der Waals surface area contributed by atoms with Crippen molar-refractivity contribution in [2.75, 3.05) is 45.2 Å². The van der Waals surface area contributed by atoms with Crippen molar-refractivity contribution in [3.8, 4) is 0 Å². The molecule has 0 spiro atoms. The molecule has 248 valence electrons. The largest absolute Gasteiger partial charge is 0.379 e. The van der Waals surface area contributed by atoms with E-state index < -0.39 is 45.4 Å². The second-order valence-corrected chi connectivity index (χ2v) is 15.4. The van der Waals surface area contributed by atoms with E-state index in [0.717, 1.165) is 42.4 Å². The lowest BCUT2D eigenvalue weighted by Crippen LogP contribution is -2.57. The number of aryl methyl sites for hydroxylation is 1. The molecular formula is C32H46N4O8S. The molecular weight excluding hydrogens is 600 g/mol. The van der Waals surface area contributed by atoms with Crippen LogP contribution >= 0.6 is 0 Å². The maximum absolute atomic E-state index is 13.9. The zero-order valence-corrected chi connectivity index (χ0v) is 27.1. The average Bonchev–Trinajstić information content (AvgIpc) is 3.54. The molecule has 12 nitrogen and oxygen atoms in total. The molecule has 0 aromatic heterocycles. The second kappa shape index (κ2) is 14.3. The van der Waals surface area contributed by atoms with Crippen molar-refractivity contribution in [2.24, 2.45) is 5.92 Å². The number of nitrogens with one attached hydrogen (secondary N) is 3. The fraction of sp³-hybridized carbons (Fsp3) is 0.688. The van der Waals surface area contributed by atoms with Crippen molar-refractivity contribution in [1.29, 1.82) is 0 Å². The fourth-order valence-electron chi connectivity index (χ4n) is 6.51. The van der Waals surface area contributed by atoms with Crippen molar-refractivity contribution in [3.05, 3.63) is 34.9 Å². The molecule has 1 saturated carbocycles. The minimum Gasteiger partial charge on any atom is -0.379 e. The van der Waals surface area contributed by atoms with Gasteiger partial charge in [-0.2, -0.15) is 0 Å². The number of ether oxygens (including phenoxy) is 2. The monoisotopic (exact) mass is 646 g/mol. The van der Waals surface area contributed by atoms with Gasteiger partial charge in [-0.3, -0.25) is 24.1 Å². The first-order valence-corrected chi connectivity index (χ1v) is 17.9. The number of fused-ring (bicyclic) bond motifs is 1. The normalized spacial score (nSPS) is 24.9. The Morgan fingerprint density at radius 2 is 1.69 bits per heavy atom. The molecule has 0 radical (unpaired) electrons. The number of morpholine rings is 1. The lowest BCUT2D eigenvalue weighted by atomic mass is 9.90. The highest BCUT2D eigenvalue weighted by atomic mass is 32.2. The van der Waals surface area contributed by atoms with Gasteiger partial charge in [0.1, 0.15) is 17.7 Å². The Bertz CT molecular complexity index is 1380. The summed E-state index contributed by atoms with van der Waals surface area (Å²) in [5.74, 6) is -1.10. The number of carbonyl (C=O) groups excluding carboxylic acids is 4. The Labute approximate surface area is 265 Å². The van der Waals surface area contributed by atoms with Gasteiger partial charge in [-0.1, -0.05) is 43.9 Å². The van der Waals surface area contributed by atoms with Gasteiger partial charge in [-0.15, -0.1) is 0 Å². The number of hydrogen-bond donors (Lipinski definition) is 3. The van der Waals surface area contributed by atoms with Crippen LogP contribution in [0.4, 0.5) is 0 Å². The van der Waals surface area contributed by atoms with Crippen LogP contribution in [0.25, 0.3) is 0 Å². The smallest absolute Gasteiger partial charge is 0.243 e. The van der Waals surface area contributed by atoms with E-state index in [9.17, 15) is 27.6 Å². The Morgan fingerprint density at radius 3 is 2.38 bits per heavy atom. The number of rotatable bonds is 13. The van der Waals surface area contributed by atoms with E-state index in [2.05, 4.69) is 16.0 Å².